The average molecular weight is 349 g/mol. The third-order valence-electron chi connectivity index (χ3n) is 3.32. The Bertz CT molecular complexity index is 1010. The molecule has 11 heteroatoms. The maximum Gasteiger partial charge on any atom is 0.333 e. The van der Waals surface area contributed by atoms with Gasteiger partial charge in [0.15, 0.2) is 5.82 Å². The summed E-state index contributed by atoms with van der Waals surface area (Å²) in [6.07, 6.45) is 1.61. The van der Waals surface area contributed by atoms with Gasteiger partial charge in [0.05, 0.1) is 0 Å². The van der Waals surface area contributed by atoms with Crippen molar-refractivity contribution in [3.8, 4) is 23.2 Å². The van der Waals surface area contributed by atoms with Gasteiger partial charge in [-0.3, -0.25) is 0 Å². The van der Waals surface area contributed by atoms with E-state index in [0.717, 1.165) is 0 Å². The summed E-state index contributed by atoms with van der Waals surface area (Å²) < 4.78 is 7.89. The molecule has 3 heterocycles. The Balaban J connectivity index is 1.59. The van der Waals surface area contributed by atoms with E-state index < -0.39 is 5.97 Å². The highest BCUT2D eigenvalue weighted by Crippen LogP contribution is 2.15. The minimum atomic E-state index is -0.526. The first kappa shape index (κ1) is 15.5. The van der Waals surface area contributed by atoms with Crippen LogP contribution in [-0.2, 0) is 11.3 Å². The van der Waals surface area contributed by atoms with Gasteiger partial charge in [0.25, 0.3) is 0 Å². The minimum absolute atomic E-state index is 0.202. The molecule has 0 saturated carbocycles. The Labute approximate surface area is 146 Å². The number of carbonyl (C=O) groups excluding carboxylic acids is 1. The fourth-order valence-electron chi connectivity index (χ4n) is 2.21. The zero-order valence-electron chi connectivity index (χ0n) is 13.2. The number of benzene rings is 1. The molecule has 1 aromatic carbocycles. The zero-order chi connectivity index (χ0) is 17.8. The number of hydrogen-bond acceptors (Lipinski definition) is 9. The largest absolute Gasteiger partial charge is 0.425 e. The van der Waals surface area contributed by atoms with Gasteiger partial charge in [0.2, 0.25) is 11.6 Å². The number of aromatic nitrogens is 9. The Morgan fingerprint density at radius 1 is 0.923 bits per heavy atom. The highest BCUT2D eigenvalue weighted by molar-refractivity contribution is 5.72. The quantitative estimate of drug-likeness (QED) is 0.369. The summed E-state index contributed by atoms with van der Waals surface area (Å²) in [6, 6.07) is 14.0. The van der Waals surface area contributed by atoms with Gasteiger partial charge in [-0.2, -0.15) is 4.68 Å². The Morgan fingerprint density at radius 3 is 2.50 bits per heavy atom. The van der Waals surface area contributed by atoms with Crippen molar-refractivity contribution in [3.63, 3.8) is 0 Å². The predicted molar refractivity (Wildman–Crippen MR) is 85.8 cm³/mol. The zero-order valence-corrected chi connectivity index (χ0v) is 13.2. The van der Waals surface area contributed by atoms with Gasteiger partial charge in [0.1, 0.15) is 12.3 Å². The van der Waals surface area contributed by atoms with Crippen LogP contribution in [0, 0.1) is 0 Å². The lowest BCUT2D eigenvalue weighted by Gasteiger charge is -2.06. The standard InChI is InChI=1S/C15H11N9O2/c25-13(26-11-6-2-1-3-7-11)10-23-14(17-19-21-23)15-18-20-22-24(15)12-8-4-5-9-16-12/h1-9H,10H2. The molecule has 4 rings (SSSR count). The van der Waals surface area contributed by atoms with Gasteiger partial charge in [-0.05, 0) is 45.1 Å². The molecule has 0 spiro atoms. The molecule has 0 aliphatic carbocycles. The van der Waals surface area contributed by atoms with Crippen molar-refractivity contribution in [2.75, 3.05) is 0 Å². The summed E-state index contributed by atoms with van der Waals surface area (Å²) in [7, 11) is 0. The van der Waals surface area contributed by atoms with Gasteiger partial charge >= 0.3 is 5.97 Å². The lowest BCUT2D eigenvalue weighted by molar-refractivity contribution is -0.135. The number of tetrazole rings is 2. The average Bonchev–Trinajstić information content (AvgIpc) is 3.32. The van der Waals surface area contributed by atoms with E-state index in [1.807, 2.05) is 6.07 Å². The van der Waals surface area contributed by atoms with Gasteiger partial charge in [-0.15, -0.1) is 10.2 Å². The summed E-state index contributed by atoms with van der Waals surface area (Å²) in [5.41, 5.74) is 0. The molecule has 3 aromatic heterocycles. The van der Waals surface area contributed by atoms with Gasteiger partial charge in [-0.1, -0.05) is 24.3 Å². The van der Waals surface area contributed by atoms with Crippen LogP contribution in [0.15, 0.2) is 54.7 Å². The number of carbonyl (C=O) groups is 1. The maximum absolute atomic E-state index is 12.1. The summed E-state index contributed by atoms with van der Waals surface area (Å²) in [6.45, 7) is -0.202. The number of nitrogens with zero attached hydrogens (tertiary/aromatic N) is 9. The molecule has 0 bridgehead atoms. The molecule has 0 unspecified atom stereocenters. The Morgan fingerprint density at radius 2 is 1.69 bits per heavy atom. The van der Waals surface area contributed by atoms with Crippen LogP contribution >= 0.6 is 0 Å². The second-order valence-corrected chi connectivity index (χ2v) is 5.05. The second kappa shape index (κ2) is 6.84. The molecule has 11 nitrogen and oxygen atoms in total. The van der Waals surface area contributed by atoms with E-state index >= 15 is 0 Å². The maximum atomic E-state index is 12.1. The first-order valence-electron chi connectivity index (χ1n) is 7.53. The highest BCUT2D eigenvalue weighted by atomic mass is 16.5. The number of esters is 1. The van der Waals surface area contributed by atoms with Crippen LogP contribution in [0.5, 0.6) is 5.75 Å². The number of hydrogen-bond donors (Lipinski definition) is 0. The third-order valence-corrected chi connectivity index (χ3v) is 3.32. The Kier molecular flexibility index (Phi) is 4.08. The Hall–Kier alpha value is -4.02. The van der Waals surface area contributed by atoms with E-state index in [9.17, 15) is 4.79 Å². The molecule has 0 amide bonds. The van der Waals surface area contributed by atoms with Crippen molar-refractivity contribution in [1.82, 2.24) is 45.4 Å². The molecule has 0 radical (unpaired) electrons. The van der Waals surface area contributed by atoms with E-state index in [1.54, 1.807) is 48.7 Å². The van der Waals surface area contributed by atoms with Gasteiger partial charge in [0, 0.05) is 6.20 Å². The van der Waals surface area contributed by atoms with Crippen LogP contribution in [-0.4, -0.2) is 51.4 Å². The highest BCUT2D eigenvalue weighted by Gasteiger charge is 2.20. The summed E-state index contributed by atoms with van der Waals surface area (Å²) in [4.78, 5) is 16.3. The van der Waals surface area contributed by atoms with E-state index in [1.165, 1.54) is 9.36 Å². The molecule has 0 atom stereocenters. The van der Waals surface area contributed by atoms with Crippen LogP contribution in [0.2, 0.25) is 0 Å². The summed E-state index contributed by atoms with van der Waals surface area (Å²) >= 11 is 0. The van der Waals surface area contributed by atoms with Crippen LogP contribution in [0.4, 0.5) is 0 Å². The van der Waals surface area contributed by atoms with Gasteiger partial charge < -0.3 is 4.74 Å². The van der Waals surface area contributed by atoms with Crippen LogP contribution in [0.3, 0.4) is 0 Å². The summed E-state index contributed by atoms with van der Waals surface area (Å²) in [5.74, 6) is 0.868. The molecule has 0 aliphatic heterocycles. The number of ether oxygens (including phenoxy) is 1. The van der Waals surface area contributed by atoms with Crippen molar-refractivity contribution < 1.29 is 9.53 Å². The summed E-state index contributed by atoms with van der Waals surface area (Å²) in [5, 5.41) is 22.8. The van der Waals surface area contributed by atoms with Crippen LogP contribution < -0.4 is 4.74 Å². The lowest BCUT2D eigenvalue weighted by Crippen LogP contribution is -2.19. The van der Waals surface area contributed by atoms with Crippen molar-refractivity contribution >= 4 is 5.97 Å². The molecular weight excluding hydrogens is 338 g/mol. The second-order valence-electron chi connectivity index (χ2n) is 5.05. The van der Waals surface area contributed by atoms with Crippen LogP contribution in [0.1, 0.15) is 0 Å². The normalized spacial score (nSPS) is 10.6. The van der Waals surface area contributed by atoms with Crippen LogP contribution in [0.25, 0.3) is 17.5 Å². The molecule has 4 aromatic rings. The van der Waals surface area contributed by atoms with Crippen molar-refractivity contribution in [1.29, 1.82) is 0 Å². The number of para-hydroxylation sites is 1. The molecule has 128 valence electrons. The van der Waals surface area contributed by atoms with Crippen molar-refractivity contribution in [2.45, 2.75) is 6.54 Å². The number of rotatable bonds is 5. The topological polar surface area (TPSA) is 126 Å². The molecule has 26 heavy (non-hydrogen) atoms. The van der Waals surface area contributed by atoms with E-state index in [4.69, 9.17) is 4.74 Å². The first-order chi connectivity index (χ1) is 12.8. The first-order valence-corrected chi connectivity index (χ1v) is 7.53. The lowest BCUT2D eigenvalue weighted by atomic mass is 10.3. The fourth-order valence-corrected chi connectivity index (χ4v) is 2.21. The van der Waals surface area contributed by atoms with E-state index in [-0.39, 0.29) is 18.2 Å². The third kappa shape index (κ3) is 3.13. The smallest absolute Gasteiger partial charge is 0.333 e. The SMILES string of the molecule is O=C(Cn1nnnc1-c1nnnn1-c1ccccn1)Oc1ccccc1. The van der Waals surface area contributed by atoms with E-state index in [0.29, 0.717) is 11.6 Å². The van der Waals surface area contributed by atoms with Crippen molar-refractivity contribution in [2.24, 2.45) is 0 Å². The molecule has 0 aliphatic rings. The van der Waals surface area contributed by atoms with E-state index in [2.05, 4.69) is 36.0 Å². The van der Waals surface area contributed by atoms with Crippen molar-refractivity contribution in [3.05, 3.63) is 54.7 Å². The molecule has 0 saturated heterocycles. The molecule has 0 fully saturated rings. The molecule has 0 N–H and O–H groups in total. The fraction of sp³-hybridized carbons (Fsp3) is 0.0667. The number of pyridine rings is 1. The minimum Gasteiger partial charge on any atom is -0.425 e. The molecular formula is C15H11N9O2. The monoisotopic (exact) mass is 349 g/mol. The van der Waals surface area contributed by atoms with Gasteiger partial charge in [-0.25, -0.2) is 14.5 Å². The predicted octanol–water partition coefficient (Wildman–Crippen LogP) is 0.316.